The Kier molecular flexibility index (Phi) is 4.07. The number of H-pyrrole nitrogens is 1. The summed E-state index contributed by atoms with van der Waals surface area (Å²) in [5.74, 6) is 0.230. The molecule has 2 heterocycles. The molecule has 26 heavy (non-hydrogen) atoms. The van der Waals surface area contributed by atoms with Crippen LogP contribution in [0.15, 0.2) is 59.3 Å². The van der Waals surface area contributed by atoms with Crippen LogP contribution in [0.5, 0.6) is 0 Å². The lowest BCUT2D eigenvalue weighted by Gasteiger charge is -2.07. The molecule has 0 bridgehead atoms. The number of para-hydroxylation sites is 2. The van der Waals surface area contributed by atoms with Gasteiger partial charge < -0.3 is 9.84 Å². The summed E-state index contributed by atoms with van der Waals surface area (Å²) in [5, 5.41) is 14.9. The highest BCUT2D eigenvalue weighted by molar-refractivity contribution is 6.06. The minimum atomic E-state index is -0.255. The Morgan fingerprint density at radius 3 is 2.77 bits per heavy atom. The molecular formula is C20H16N4O2. The molecule has 0 spiro atoms. The molecule has 0 atom stereocenters. The van der Waals surface area contributed by atoms with Crippen molar-refractivity contribution in [3.8, 4) is 0 Å². The van der Waals surface area contributed by atoms with E-state index in [0.717, 1.165) is 22.2 Å². The Bertz CT molecular complexity index is 1110. The number of nitrogens with zero attached hydrogens (tertiary/aromatic N) is 2. The summed E-state index contributed by atoms with van der Waals surface area (Å²) in [5.41, 5.74) is 3.83. The highest BCUT2D eigenvalue weighted by atomic mass is 16.5. The van der Waals surface area contributed by atoms with Crippen molar-refractivity contribution in [2.75, 3.05) is 5.32 Å². The largest absolute Gasteiger partial charge is 0.361 e. The molecular weight excluding hydrogens is 328 g/mol. The molecule has 0 radical (unpaired) electrons. The zero-order valence-corrected chi connectivity index (χ0v) is 14.1. The monoisotopic (exact) mass is 344 g/mol. The number of anilines is 1. The number of aromatic amines is 1. The fourth-order valence-corrected chi connectivity index (χ4v) is 2.74. The average molecular weight is 344 g/mol. The van der Waals surface area contributed by atoms with Gasteiger partial charge in [-0.25, -0.2) is 0 Å². The maximum absolute atomic E-state index is 12.4. The number of nitrogens with one attached hydrogen (secondary N) is 2. The number of fused-ring (bicyclic) bond motifs is 1. The molecule has 4 aromatic rings. The number of carbonyl (C=O) groups is 1. The Morgan fingerprint density at radius 1 is 1.12 bits per heavy atom. The van der Waals surface area contributed by atoms with Gasteiger partial charge in [0.05, 0.1) is 17.4 Å². The Hall–Kier alpha value is -3.67. The van der Waals surface area contributed by atoms with Gasteiger partial charge in [0.15, 0.2) is 0 Å². The van der Waals surface area contributed by atoms with E-state index in [2.05, 4.69) is 20.7 Å². The van der Waals surface area contributed by atoms with E-state index in [0.29, 0.717) is 17.0 Å². The molecule has 2 N–H and O–H groups in total. The average Bonchev–Trinajstić information content (AvgIpc) is 3.27. The number of rotatable bonds is 4. The summed E-state index contributed by atoms with van der Waals surface area (Å²) in [4.78, 5) is 12.4. The molecule has 0 aliphatic heterocycles. The summed E-state index contributed by atoms with van der Waals surface area (Å²) in [6.07, 6.45) is 5.27. The molecule has 0 aliphatic carbocycles. The summed E-state index contributed by atoms with van der Waals surface area (Å²) in [6, 6.07) is 15.5. The minimum Gasteiger partial charge on any atom is -0.361 e. The lowest BCUT2D eigenvalue weighted by atomic mass is 10.1. The Labute approximate surface area is 149 Å². The summed E-state index contributed by atoms with van der Waals surface area (Å²) >= 11 is 0. The van der Waals surface area contributed by atoms with Crippen molar-refractivity contribution in [2.24, 2.45) is 0 Å². The highest BCUT2D eigenvalue weighted by Gasteiger charge is 2.14. The third-order valence-electron chi connectivity index (χ3n) is 4.12. The fraction of sp³-hybridized carbons (Fsp3) is 0.0500. The van der Waals surface area contributed by atoms with Crippen LogP contribution in [0.25, 0.3) is 23.1 Å². The lowest BCUT2D eigenvalue weighted by Crippen LogP contribution is -2.12. The zero-order chi connectivity index (χ0) is 17.9. The molecule has 0 saturated heterocycles. The van der Waals surface area contributed by atoms with E-state index >= 15 is 0 Å². The van der Waals surface area contributed by atoms with E-state index in [-0.39, 0.29) is 5.91 Å². The Balaban J connectivity index is 1.62. The van der Waals surface area contributed by atoms with Crippen molar-refractivity contribution in [2.45, 2.75) is 6.92 Å². The molecule has 4 rings (SSSR count). The van der Waals surface area contributed by atoms with Crippen LogP contribution in [0, 0.1) is 6.92 Å². The van der Waals surface area contributed by atoms with E-state index < -0.39 is 0 Å². The van der Waals surface area contributed by atoms with Crippen LogP contribution < -0.4 is 5.32 Å². The van der Waals surface area contributed by atoms with Crippen molar-refractivity contribution in [1.29, 1.82) is 0 Å². The van der Waals surface area contributed by atoms with Gasteiger partial charge in [-0.05, 0) is 30.7 Å². The SMILES string of the molecule is Cc1oncc1C(=O)Nc1ccccc1/C=C/c1n[nH]c2ccccc12. The minimum absolute atomic E-state index is 0.255. The van der Waals surface area contributed by atoms with Crippen LogP contribution in [-0.4, -0.2) is 21.3 Å². The van der Waals surface area contributed by atoms with Gasteiger partial charge in [0.25, 0.3) is 5.91 Å². The summed E-state index contributed by atoms with van der Waals surface area (Å²) in [7, 11) is 0. The molecule has 0 unspecified atom stereocenters. The molecule has 2 aromatic carbocycles. The number of amides is 1. The van der Waals surface area contributed by atoms with E-state index in [9.17, 15) is 4.79 Å². The first kappa shape index (κ1) is 15.8. The van der Waals surface area contributed by atoms with Crippen molar-refractivity contribution in [3.63, 3.8) is 0 Å². The quantitative estimate of drug-likeness (QED) is 0.579. The second kappa shape index (κ2) is 6.68. The third kappa shape index (κ3) is 3.00. The molecule has 6 nitrogen and oxygen atoms in total. The second-order valence-electron chi connectivity index (χ2n) is 5.82. The zero-order valence-electron chi connectivity index (χ0n) is 14.1. The predicted octanol–water partition coefficient (Wildman–Crippen LogP) is 4.28. The van der Waals surface area contributed by atoms with Gasteiger partial charge in [0.1, 0.15) is 11.3 Å². The van der Waals surface area contributed by atoms with Gasteiger partial charge in [-0.2, -0.15) is 5.10 Å². The Morgan fingerprint density at radius 2 is 1.92 bits per heavy atom. The van der Waals surface area contributed by atoms with Crippen LogP contribution in [0.2, 0.25) is 0 Å². The van der Waals surface area contributed by atoms with Gasteiger partial charge in [0, 0.05) is 11.1 Å². The van der Waals surface area contributed by atoms with Gasteiger partial charge in [-0.1, -0.05) is 47.6 Å². The smallest absolute Gasteiger partial charge is 0.260 e. The van der Waals surface area contributed by atoms with Gasteiger partial charge in [0.2, 0.25) is 0 Å². The van der Waals surface area contributed by atoms with E-state index in [1.165, 1.54) is 6.20 Å². The lowest BCUT2D eigenvalue weighted by molar-refractivity contribution is 0.102. The van der Waals surface area contributed by atoms with E-state index in [1.54, 1.807) is 6.92 Å². The number of carbonyl (C=O) groups excluding carboxylic acids is 1. The predicted molar refractivity (Wildman–Crippen MR) is 101 cm³/mol. The number of aryl methyl sites for hydroxylation is 1. The first-order valence-corrected chi connectivity index (χ1v) is 8.15. The maximum Gasteiger partial charge on any atom is 0.260 e. The third-order valence-corrected chi connectivity index (χ3v) is 4.12. The maximum atomic E-state index is 12.4. The van der Waals surface area contributed by atoms with Crippen LogP contribution in [0.1, 0.15) is 27.4 Å². The molecule has 0 aliphatic rings. The van der Waals surface area contributed by atoms with Crippen molar-refractivity contribution in [1.82, 2.24) is 15.4 Å². The van der Waals surface area contributed by atoms with Crippen LogP contribution in [-0.2, 0) is 0 Å². The fourth-order valence-electron chi connectivity index (χ4n) is 2.74. The van der Waals surface area contributed by atoms with Gasteiger partial charge in [-0.3, -0.25) is 9.89 Å². The normalized spacial score (nSPS) is 11.3. The highest BCUT2D eigenvalue weighted by Crippen LogP contribution is 2.22. The molecule has 128 valence electrons. The molecule has 1 amide bonds. The number of hydrogen-bond acceptors (Lipinski definition) is 4. The van der Waals surface area contributed by atoms with Crippen molar-refractivity contribution < 1.29 is 9.32 Å². The van der Waals surface area contributed by atoms with E-state index in [4.69, 9.17) is 4.52 Å². The molecule has 0 saturated carbocycles. The summed E-state index contributed by atoms with van der Waals surface area (Å²) < 4.78 is 4.95. The van der Waals surface area contributed by atoms with Crippen LogP contribution in [0.3, 0.4) is 0 Å². The van der Waals surface area contributed by atoms with Crippen molar-refractivity contribution in [3.05, 3.63) is 77.3 Å². The van der Waals surface area contributed by atoms with Gasteiger partial charge >= 0.3 is 0 Å². The molecule has 2 aromatic heterocycles. The van der Waals surface area contributed by atoms with Gasteiger partial charge in [-0.15, -0.1) is 0 Å². The number of aromatic nitrogens is 3. The van der Waals surface area contributed by atoms with Crippen molar-refractivity contribution >= 4 is 34.6 Å². The standard InChI is InChI=1S/C20H16N4O2/c1-13-16(12-21-26-13)20(25)22-17-8-4-2-6-14(17)10-11-19-15-7-3-5-9-18(15)23-24-19/h2-12H,1H3,(H,22,25)(H,23,24)/b11-10+. The van der Waals surface area contributed by atoms with Crippen LogP contribution >= 0.6 is 0 Å². The van der Waals surface area contributed by atoms with Crippen LogP contribution in [0.4, 0.5) is 5.69 Å². The summed E-state index contributed by atoms with van der Waals surface area (Å²) in [6.45, 7) is 1.70. The molecule has 0 fully saturated rings. The second-order valence-corrected chi connectivity index (χ2v) is 5.82. The first-order chi connectivity index (χ1) is 12.7. The number of benzene rings is 2. The number of hydrogen-bond donors (Lipinski definition) is 2. The first-order valence-electron chi connectivity index (χ1n) is 8.15. The van der Waals surface area contributed by atoms with E-state index in [1.807, 2.05) is 60.7 Å². The molecule has 6 heteroatoms. The topological polar surface area (TPSA) is 83.8 Å².